The summed E-state index contributed by atoms with van der Waals surface area (Å²) in [6.07, 6.45) is 1.21. The fourth-order valence-electron chi connectivity index (χ4n) is 2.39. The summed E-state index contributed by atoms with van der Waals surface area (Å²) < 4.78 is 5.47. The van der Waals surface area contributed by atoms with Crippen molar-refractivity contribution in [1.29, 1.82) is 0 Å². The summed E-state index contributed by atoms with van der Waals surface area (Å²) >= 11 is 0. The van der Waals surface area contributed by atoms with Crippen LogP contribution in [0.5, 0.6) is 5.75 Å². The summed E-state index contributed by atoms with van der Waals surface area (Å²) in [4.78, 5) is 24.9. The zero-order valence-corrected chi connectivity index (χ0v) is 13.8. The van der Waals surface area contributed by atoms with Gasteiger partial charge in [0, 0.05) is 11.6 Å². The topological polar surface area (TPSA) is 63.6 Å². The maximum Gasteiger partial charge on any atom is 0.343 e. The zero-order valence-electron chi connectivity index (χ0n) is 13.8. The van der Waals surface area contributed by atoms with Crippen molar-refractivity contribution in [2.45, 2.75) is 0 Å². The molecule has 3 aromatic rings. The van der Waals surface area contributed by atoms with E-state index >= 15 is 0 Å². The first-order valence-corrected chi connectivity index (χ1v) is 8.02. The predicted octanol–water partition coefficient (Wildman–Crippen LogP) is 4.47. The van der Waals surface area contributed by atoms with Crippen LogP contribution in [-0.2, 0) is 4.74 Å². The van der Waals surface area contributed by atoms with E-state index in [1.165, 1.54) is 18.2 Å². The minimum Gasteiger partial charge on any atom is -0.507 e. The van der Waals surface area contributed by atoms with Crippen molar-refractivity contribution >= 4 is 17.5 Å². The van der Waals surface area contributed by atoms with Crippen LogP contribution in [0.25, 0.3) is 5.76 Å². The number of hydrogen-bond donors (Lipinski definition) is 1. The average molecular weight is 344 g/mol. The lowest BCUT2D eigenvalue weighted by Gasteiger charge is -2.09. The Balaban J connectivity index is 1.95. The highest BCUT2D eigenvalue weighted by atomic mass is 16.5. The lowest BCUT2D eigenvalue weighted by molar-refractivity contribution is 0.0691. The van der Waals surface area contributed by atoms with E-state index in [4.69, 9.17) is 4.74 Å². The number of allylic oxidation sites excluding steroid dienone is 1. The summed E-state index contributed by atoms with van der Waals surface area (Å²) in [5.74, 6) is -1.03. The molecule has 4 nitrogen and oxygen atoms in total. The monoisotopic (exact) mass is 344 g/mol. The molecule has 3 aromatic carbocycles. The number of ketones is 1. The van der Waals surface area contributed by atoms with Crippen molar-refractivity contribution in [2.24, 2.45) is 0 Å². The Hall–Kier alpha value is -3.66. The largest absolute Gasteiger partial charge is 0.507 e. The molecule has 0 saturated carbocycles. The van der Waals surface area contributed by atoms with Gasteiger partial charge in [0.2, 0.25) is 0 Å². The van der Waals surface area contributed by atoms with Gasteiger partial charge in [-0.3, -0.25) is 4.79 Å². The van der Waals surface area contributed by atoms with Crippen molar-refractivity contribution in [3.05, 3.63) is 108 Å². The van der Waals surface area contributed by atoms with Crippen LogP contribution in [0.15, 0.2) is 91.0 Å². The minimum absolute atomic E-state index is 0.118. The van der Waals surface area contributed by atoms with Gasteiger partial charge in [-0.15, -0.1) is 0 Å². The Morgan fingerprint density at radius 2 is 1.27 bits per heavy atom. The molecule has 0 heterocycles. The van der Waals surface area contributed by atoms with E-state index in [9.17, 15) is 14.7 Å². The fourth-order valence-corrected chi connectivity index (χ4v) is 2.39. The van der Waals surface area contributed by atoms with Crippen LogP contribution in [0.1, 0.15) is 26.3 Å². The van der Waals surface area contributed by atoms with Crippen molar-refractivity contribution in [3.63, 3.8) is 0 Å². The number of phenolic OH excluding ortho intramolecular Hbond substituents is 1. The van der Waals surface area contributed by atoms with Gasteiger partial charge in [0.1, 0.15) is 11.5 Å². The highest BCUT2D eigenvalue weighted by molar-refractivity contribution is 6.10. The number of para-hydroxylation sites is 1. The Morgan fingerprint density at radius 1 is 0.731 bits per heavy atom. The molecular formula is C22H16O4. The zero-order chi connectivity index (χ0) is 18.4. The molecule has 0 saturated heterocycles. The highest BCUT2D eigenvalue weighted by Crippen LogP contribution is 2.22. The molecule has 1 N–H and O–H groups in total. The van der Waals surface area contributed by atoms with Crippen LogP contribution in [0.4, 0.5) is 0 Å². The fraction of sp³-hybridized carbons (Fsp3) is 0. The summed E-state index contributed by atoms with van der Waals surface area (Å²) in [7, 11) is 0. The van der Waals surface area contributed by atoms with E-state index in [2.05, 4.69) is 0 Å². The third kappa shape index (κ3) is 4.05. The summed E-state index contributed by atoms with van der Waals surface area (Å²) in [6, 6.07) is 23.6. The van der Waals surface area contributed by atoms with Crippen LogP contribution in [0.2, 0.25) is 0 Å². The predicted molar refractivity (Wildman–Crippen MR) is 98.7 cm³/mol. The number of rotatable bonds is 5. The highest BCUT2D eigenvalue weighted by Gasteiger charge is 2.15. The van der Waals surface area contributed by atoms with E-state index in [1.54, 1.807) is 66.7 Å². The third-order valence-corrected chi connectivity index (χ3v) is 3.70. The molecule has 128 valence electrons. The summed E-state index contributed by atoms with van der Waals surface area (Å²) in [5, 5.41) is 9.87. The Bertz CT molecular complexity index is 944. The molecule has 0 amide bonds. The standard InChI is InChI=1S/C22H16O4/c23-19-14-8-7-13-18(19)20(24)15-21(16-9-3-1-4-10-16)26-22(25)17-11-5-2-6-12-17/h1-15,23H/b21-15-. The van der Waals surface area contributed by atoms with E-state index in [1.807, 2.05) is 6.07 Å². The van der Waals surface area contributed by atoms with Crippen molar-refractivity contribution in [3.8, 4) is 5.75 Å². The SMILES string of the molecule is O=C(O/C(=C\C(=O)c1ccccc1O)c1ccccc1)c1ccccc1. The minimum atomic E-state index is -0.564. The van der Waals surface area contributed by atoms with Gasteiger partial charge in [0.25, 0.3) is 0 Å². The number of phenols is 1. The van der Waals surface area contributed by atoms with Crippen LogP contribution in [-0.4, -0.2) is 16.9 Å². The van der Waals surface area contributed by atoms with Crippen molar-refractivity contribution < 1.29 is 19.4 Å². The number of esters is 1. The van der Waals surface area contributed by atoms with Gasteiger partial charge in [0.05, 0.1) is 11.1 Å². The van der Waals surface area contributed by atoms with Gasteiger partial charge in [-0.1, -0.05) is 60.7 Å². The van der Waals surface area contributed by atoms with Gasteiger partial charge in [0.15, 0.2) is 5.78 Å². The Morgan fingerprint density at radius 3 is 1.88 bits per heavy atom. The second kappa shape index (κ2) is 7.94. The lowest BCUT2D eigenvalue weighted by Crippen LogP contribution is -2.06. The van der Waals surface area contributed by atoms with Crippen LogP contribution in [0.3, 0.4) is 0 Å². The van der Waals surface area contributed by atoms with Crippen LogP contribution >= 0.6 is 0 Å². The van der Waals surface area contributed by atoms with E-state index in [0.29, 0.717) is 11.1 Å². The second-order valence-corrected chi connectivity index (χ2v) is 5.51. The summed E-state index contributed by atoms with van der Waals surface area (Å²) in [6.45, 7) is 0. The van der Waals surface area contributed by atoms with Crippen molar-refractivity contribution in [2.75, 3.05) is 0 Å². The first-order valence-electron chi connectivity index (χ1n) is 8.02. The van der Waals surface area contributed by atoms with Gasteiger partial charge < -0.3 is 9.84 Å². The molecule has 0 atom stereocenters. The Labute approximate surface area is 151 Å². The number of carbonyl (C=O) groups excluding carboxylic acids is 2. The van der Waals surface area contributed by atoms with Crippen molar-refractivity contribution in [1.82, 2.24) is 0 Å². The van der Waals surface area contributed by atoms with Crippen LogP contribution < -0.4 is 0 Å². The molecular weight excluding hydrogens is 328 g/mol. The molecule has 0 radical (unpaired) electrons. The first kappa shape index (κ1) is 17.2. The molecule has 0 spiro atoms. The van der Waals surface area contributed by atoms with E-state index in [0.717, 1.165) is 0 Å². The molecule has 0 unspecified atom stereocenters. The third-order valence-electron chi connectivity index (χ3n) is 3.70. The molecule has 0 aliphatic heterocycles. The molecule has 0 bridgehead atoms. The van der Waals surface area contributed by atoms with Crippen LogP contribution in [0, 0.1) is 0 Å². The average Bonchev–Trinajstić information content (AvgIpc) is 2.69. The first-order chi connectivity index (χ1) is 12.6. The lowest BCUT2D eigenvalue weighted by atomic mass is 10.1. The second-order valence-electron chi connectivity index (χ2n) is 5.51. The van der Waals surface area contributed by atoms with Gasteiger partial charge in [-0.05, 0) is 24.3 Å². The van der Waals surface area contributed by atoms with E-state index < -0.39 is 11.8 Å². The number of hydrogen-bond acceptors (Lipinski definition) is 4. The number of ether oxygens (including phenoxy) is 1. The molecule has 3 rings (SSSR count). The summed E-state index contributed by atoms with van der Waals surface area (Å²) in [5.41, 5.74) is 1.10. The number of aromatic hydroxyl groups is 1. The maximum atomic E-state index is 12.5. The van der Waals surface area contributed by atoms with Gasteiger partial charge in [-0.2, -0.15) is 0 Å². The molecule has 0 fully saturated rings. The molecule has 4 heteroatoms. The molecule has 0 aromatic heterocycles. The normalized spacial score (nSPS) is 11.0. The van der Waals surface area contributed by atoms with E-state index in [-0.39, 0.29) is 17.1 Å². The molecule has 0 aliphatic carbocycles. The number of benzene rings is 3. The molecule has 0 aliphatic rings. The smallest absolute Gasteiger partial charge is 0.343 e. The number of carbonyl (C=O) groups is 2. The van der Waals surface area contributed by atoms with Gasteiger partial charge in [-0.25, -0.2) is 4.79 Å². The van der Waals surface area contributed by atoms with Gasteiger partial charge >= 0.3 is 5.97 Å². The quantitative estimate of drug-likeness (QED) is 0.321. The molecule has 26 heavy (non-hydrogen) atoms. The Kier molecular flexibility index (Phi) is 5.25. The maximum absolute atomic E-state index is 12.5.